The summed E-state index contributed by atoms with van der Waals surface area (Å²) in [6.45, 7) is 1.87. The predicted molar refractivity (Wildman–Crippen MR) is 99.7 cm³/mol. The summed E-state index contributed by atoms with van der Waals surface area (Å²) in [6, 6.07) is 0. The first kappa shape index (κ1) is 21.3. The van der Waals surface area contributed by atoms with Gasteiger partial charge in [-0.3, -0.25) is 9.59 Å². The first-order chi connectivity index (χ1) is 12.4. The normalized spacial score (nSPS) is 37.5. The van der Waals surface area contributed by atoms with E-state index >= 15 is 0 Å². The van der Waals surface area contributed by atoms with Gasteiger partial charge in [0.15, 0.2) is 0 Å². The summed E-state index contributed by atoms with van der Waals surface area (Å²) in [4.78, 5) is 23.8. The Kier molecular flexibility index (Phi) is 8.44. The van der Waals surface area contributed by atoms with Crippen molar-refractivity contribution in [3.05, 3.63) is 12.2 Å². The maximum absolute atomic E-state index is 12.3. The maximum atomic E-state index is 12.3. The van der Waals surface area contributed by atoms with Crippen molar-refractivity contribution < 1.29 is 29.3 Å². The van der Waals surface area contributed by atoms with Crippen LogP contribution in [0.15, 0.2) is 12.2 Å². The zero-order chi connectivity index (χ0) is 19.1. The van der Waals surface area contributed by atoms with Gasteiger partial charge in [-0.2, -0.15) is 0 Å². The molecular formula is C19H30O6S. The average molecular weight is 387 g/mol. The number of carbonyl (C=O) groups excluding carboxylic acids is 2. The second kappa shape index (κ2) is 10.3. The van der Waals surface area contributed by atoms with E-state index in [1.165, 1.54) is 18.9 Å². The van der Waals surface area contributed by atoms with Crippen molar-refractivity contribution in [2.45, 2.75) is 69.0 Å². The van der Waals surface area contributed by atoms with Crippen molar-refractivity contribution in [3.63, 3.8) is 0 Å². The van der Waals surface area contributed by atoms with E-state index in [1.54, 1.807) is 0 Å². The molecule has 1 saturated carbocycles. The Morgan fingerprint density at radius 2 is 2.15 bits per heavy atom. The highest BCUT2D eigenvalue weighted by molar-refractivity contribution is 8.00. The van der Waals surface area contributed by atoms with E-state index in [9.17, 15) is 19.8 Å². The Hall–Kier alpha value is -1.05. The lowest BCUT2D eigenvalue weighted by atomic mass is 9.87. The first-order valence-electron chi connectivity index (χ1n) is 9.31. The van der Waals surface area contributed by atoms with Gasteiger partial charge in [0.05, 0.1) is 37.6 Å². The van der Waals surface area contributed by atoms with Crippen molar-refractivity contribution in [2.75, 3.05) is 12.9 Å². The number of esters is 2. The summed E-state index contributed by atoms with van der Waals surface area (Å²) in [5.74, 6) is -0.745. The Balaban J connectivity index is 2.17. The lowest BCUT2D eigenvalue weighted by molar-refractivity contribution is -0.149. The third kappa shape index (κ3) is 6.28. The summed E-state index contributed by atoms with van der Waals surface area (Å²) < 4.78 is 10.1. The topological polar surface area (TPSA) is 93.1 Å². The van der Waals surface area contributed by atoms with Crippen LogP contribution in [0.5, 0.6) is 0 Å². The minimum absolute atomic E-state index is 0.0379. The monoisotopic (exact) mass is 386 g/mol. The number of methoxy groups -OCH3 is 1. The molecule has 0 amide bonds. The largest absolute Gasteiger partial charge is 0.468 e. The van der Waals surface area contributed by atoms with Crippen molar-refractivity contribution in [3.8, 4) is 0 Å². The number of fused-ring (bicyclic) bond motifs is 1. The van der Waals surface area contributed by atoms with E-state index in [1.807, 2.05) is 6.92 Å². The van der Waals surface area contributed by atoms with Gasteiger partial charge in [0.1, 0.15) is 0 Å². The molecule has 0 aromatic carbocycles. The summed E-state index contributed by atoms with van der Waals surface area (Å²) in [5.41, 5.74) is 0. The molecule has 6 nitrogen and oxygen atoms in total. The number of cyclic esters (lactones) is 1. The molecule has 0 spiro atoms. The lowest BCUT2D eigenvalue weighted by Gasteiger charge is -2.29. The summed E-state index contributed by atoms with van der Waals surface area (Å²) in [6.07, 6.45) is 6.53. The number of ether oxygens (including phenoxy) is 2. The summed E-state index contributed by atoms with van der Waals surface area (Å²) >= 11 is 1.22. The quantitative estimate of drug-likeness (QED) is 0.566. The molecule has 1 fully saturated rings. The van der Waals surface area contributed by atoms with Gasteiger partial charge in [-0.25, -0.2) is 0 Å². The maximum Gasteiger partial charge on any atom is 0.315 e. The van der Waals surface area contributed by atoms with Crippen LogP contribution < -0.4 is 0 Å². The van der Waals surface area contributed by atoms with Crippen LogP contribution in [0.2, 0.25) is 0 Å². The Morgan fingerprint density at radius 3 is 2.88 bits per heavy atom. The number of aliphatic hydroxyl groups is 2. The molecule has 6 atom stereocenters. The van der Waals surface area contributed by atoms with Gasteiger partial charge in [0.25, 0.3) is 0 Å². The van der Waals surface area contributed by atoms with E-state index in [0.717, 1.165) is 19.3 Å². The molecule has 2 aliphatic rings. The smallest absolute Gasteiger partial charge is 0.315 e. The van der Waals surface area contributed by atoms with Crippen LogP contribution in [-0.4, -0.2) is 58.6 Å². The number of carbonyl (C=O) groups is 2. The fourth-order valence-corrected chi connectivity index (χ4v) is 4.89. The Labute approximate surface area is 159 Å². The van der Waals surface area contributed by atoms with Crippen molar-refractivity contribution in [2.24, 2.45) is 11.8 Å². The summed E-state index contributed by atoms with van der Waals surface area (Å²) in [7, 11) is 1.31. The second-order valence-electron chi connectivity index (χ2n) is 7.23. The highest BCUT2D eigenvalue weighted by Gasteiger charge is 2.40. The van der Waals surface area contributed by atoms with Gasteiger partial charge in [-0.1, -0.05) is 12.2 Å². The van der Waals surface area contributed by atoms with Crippen LogP contribution in [-0.2, 0) is 19.1 Å². The Morgan fingerprint density at radius 1 is 1.38 bits per heavy atom. The van der Waals surface area contributed by atoms with Crippen molar-refractivity contribution in [1.29, 1.82) is 0 Å². The molecule has 2 rings (SSSR count). The first-order valence-corrected chi connectivity index (χ1v) is 10.4. The van der Waals surface area contributed by atoms with E-state index in [2.05, 4.69) is 16.9 Å². The minimum atomic E-state index is -0.805. The molecule has 1 heterocycles. The van der Waals surface area contributed by atoms with Gasteiger partial charge in [0, 0.05) is 5.25 Å². The third-order valence-electron chi connectivity index (χ3n) is 5.17. The highest BCUT2D eigenvalue weighted by Crippen LogP contribution is 2.39. The number of hydrogen-bond donors (Lipinski definition) is 2. The van der Waals surface area contributed by atoms with Gasteiger partial charge >= 0.3 is 11.9 Å². The molecule has 0 aromatic rings. The number of allylic oxidation sites excluding steroid dienone is 2. The lowest BCUT2D eigenvalue weighted by Crippen LogP contribution is -2.36. The zero-order valence-corrected chi connectivity index (χ0v) is 16.3. The van der Waals surface area contributed by atoms with Crippen molar-refractivity contribution in [1.82, 2.24) is 0 Å². The van der Waals surface area contributed by atoms with E-state index in [4.69, 9.17) is 4.74 Å². The molecule has 1 aliphatic carbocycles. The van der Waals surface area contributed by atoms with Crippen LogP contribution in [0.25, 0.3) is 0 Å². The number of aliphatic hydroxyl groups excluding tert-OH is 2. The fraction of sp³-hybridized carbons (Fsp3) is 0.789. The van der Waals surface area contributed by atoms with Crippen molar-refractivity contribution >= 4 is 23.7 Å². The SMILES string of the molecule is COC(=O)CS[C@H]1CC(=O)O[C@@H](C)CCC/C=C/[C@@H]2C[C@H](O)C[C@H]2[C@@H]1O. The second-order valence-corrected chi connectivity index (χ2v) is 8.46. The van der Waals surface area contributed by atoms with Crippen LogP contribution in [0, 0.1) is 11.8 Å². The fourth-order valence-electron chi connectivity index (χ4n) is 3.77. The van der Waals surface area contributed by atoms with Gasteiger partial charge in [-0.15, -0.1) is 11.8 Å². The standard InChI is InChI=1S/C19H30O6S/c1-12-6-4-3-5-7-13-8-14(20)9-15(13)19(23)16(10-17(21)25-12)26-11-18(22)24-2/h5,7,12-16,19-20,23H,3-4,6,8-11H2,1-2H3/b7-5+/t12-,13+,14-,15+,16-,19-/m0/s1. The molecule has 1 aliphatic heterocycles. The molecule has 26 heavy (non-hydrogen) atoms. The van der Waals surface area contributed by atoms with Gasteiger partial charge in [0.2, 0.25) is 0 Å². The van der Waals surface area contributed by atoms with Gasteiger partial charge < -0.3 is 19.7 Å². The molecular weight excluding hydrogens is 356 g/mol. The van der Waals surface area contributed by atoms with Crippen LogP contribution in [0.3, 0.4) is 0 Å². The molecule has 2 N–H and O–H groups in total. The number of rotatable bonds is 3. The molecule has 0 unspecified atom stereocenters. The van der Waals surface area contributed by atoms with Crippen LogP contribution in [0.4, 0.5) is 0 Å². The number of thioether (sulfide) groups is 1. The molecule has 0 aromatic heterocycles. The molecule has 148 valence electrons. The average Bonchev–Trinajstić information content (AvgIpc) is 2.97. The van der Waals surface area contributed by atoms with Crippen LogP contribution in [0.1, 0.15) is 45.4 Å². The Bertz CT molecular complexity index is 508. The van der Waals surface area contributed by atoms with E-state index in [-0.39, 0.29) is 36.1 Å². The predicted octanol–water partition coefficient (Wildman–Crippen LogP) is 2.07. The summed E-state index contributed by atoms with van der Waals surface area (Å²) in [5, 5.41) is 20.6. The third-order valence-corrected chi connectivity index (χ3v) is 6.44. The molecule has 0 bridgehead atoms. The number of hydrogen-bond acceptors (Lipinski definition) is 7. The van der Waals surface area contributed by atoms with E-state index < -0.39 is 23.4 Å². The van der Waals surface area contributed by atoms with E-state index in [0.29, 0.717) is 12.8 Å². The molecule has 0 radical (unpaired) electrons. The molecule has 0 saturated heterocycles. The van der Waals surface area contributed by atoms with Gasteiger partial charge in [-0.05, 0) is 50.9 Å². The minimum Gasteiger partial charge on any atom is -0.468 e. The van der Waals surface area contributed by atoms with Crippen LogP contribution >= 0.6 is 11.8 Å². The molecule has 7 heteroatoms. The highest BCUT2D eigenvalue weighted by atomic mass is 32.2. The zero-order valence-electron chi connectivity index (χ0n) is 15.5.